The zero-order valence-corrected chi connectivity index (χ0v) is 9.89. The first-order valence-corrected chi connectivity index (χ1v) is 6.75. The van der Waals surface area contributed by atoms with E-state index in [-0.39, 0.29) is 0 Å². The zero-order valence-electron chi connectivity index (χ0n) is 9.08. The van der Waals surface area contributed by atoms with E-state index in [1.165, 1.54) is 6.26 Å². The quantitative estimate of drug-likeness (QED) is 0.760. The lowest BCUT2D eigenvalue weighted by atomic mass is 10.4. The van der Waals surface area contributed by atoms with E-state index in [2.05, 4.69) is 0 Å². The fraction of sp³-hybridized carbons (Fsp3) is 0.0769. The minimum Gasteiger partial charge on any atom is -0.224 e. The largest absolute Gasteiger partial charge is 0.224 e. The Balaban J connectivity index is 0.000000181. The molecule has 0 aromatic heterocycles. The maximum atomic E-state index is 10.8. The molecule has 2 aromatic rings. The van der Waals surface area contributed by atoms with Gasteiger partial charge >= 0.3 is 0 Å². The van der Waals surface area contributed by atoms with Crippen molar-refractivity contribution >= 4 is 9.84 Å². The van der Waals surface area contributed by atoms with Crippen LogP contribution < -0.4 is 0 Å². The summed E-state index contributed by atoms with van der Waals surface area (Å²) in [4.78, 5) is 0.370. The van der Waals surface area contributed by atoms with Crippen LogP contribution in [0.1, 0.15) is 0 Å². The van der Waals surface area contributed by atoms with Gasteiger partial charge in [0, 0.05) is 6.26 Å². The van der Waals surface area contributed by atoms with Gasteiger partial charge in [0.2, 0.25) is 0 Å². The van der Waals surface area contributed by atoms with Crippen LogP contribution in [0.4, 0.5) is 0 Å². The number of hydrogen-bond acceptors (Lipinski definition) is 2. The fourth-order valence-corrected chi connectivity index (χ4v) is 1.70. The minimum absolute atomic E-state index is 0.370. The summed E-state index contributed by atoms with van der Waals surface area (Å²) in [5, 5.41) is 0. The van der Waals surface area contributed by atoms with Gasteiger partial charge in [-0.2, -0.15) is 0 Å². The molecule has 0 fully saturated rings. The molecule has 0 saturated heterocycles. The molecule has 0 amide bonds. The van der Waals surface area contributed by atoms with Crippen molar-refractivity contribution in [2.24, 2.45) is 0 Å². The highest BCUT2D eigenvalue weighted by atomic mass is 32.2. The monoisotopic (exact) mass is 234 g/mol. The molecule has 0 atom stereocenters. The number of benzene rings is 2. The van der Waals surface area contributed by atoms with E-state index >= 15 is 0 Å². The topological polar surface area (TPSA) is 34.1 Å². The molecule has 0 saturated carbocycles. The maximum Gasteiger partial charge on any atom is 0.175 e. The molecular formula is C13H14O2S. The molecule has 3 heteroatoms. The molecular weight excluding hydrogens is 220 g/mol. The first-order valence-electron chi connectivity index (χ1n) is 4.86. The Kier molecular flexibility index (Phi) is 4.73. The van der Waals surface area contributed by atoms with Gasteiger partial charge in [-0.25, -0.2) is 8.42 Å². The highest BCUT2D eigenvalue weighted by Crippen LogP contribution is 2.05. The Morgan fingerprint density at radius 2 is 1.00 bits per heavy atom. The van der Waals surface area contributed by atoms with Crippen LogP contribution in [0.15, 0.2) is 71.6 Å². The van der Waals surface area contributed by atoms with E-state index in [0.717, 1.165) is 0 Å². The van der Waals surface area contributed by atoms with Gasteiger partial charge in [-0.05, 0) is 12.1 Å². The number of sulfone groups is 1. The normalized spacial score (nSPS) is 10.1. The Morgan fingerprint density at radius 1 is 0.688 bits per heavy atom. The zero-order chi connectivity index (χ0) is 11.9. The predicted octanol–water partition coefficient (Wildman–Crippen LogP) is 2.78. The van der Waals surface area contributed by atoms with Gasteiger partial charge < -0.3 is 0 Å². The van der Waals surface area contributed by atoms with Crippen molar-refractivity contribution in [3.05, 3.63) is 66.7 Å². The summed E-state index contributed by atoms with van der Waals surface area (Å²) in [7, 11) is -3.00. The van der Waals surface area contributed by atoms with Gasteiger partial charge in [0.05, 0.1) is 4.90 Å². The lowest BCUT2D eigenvalue weighted by Gasteiger charge is -1.93. The van der Waals surface area contributed by atoms with Gasteiger partial charge in [-0.15, -0.1) is 0 Å². The molecule has 0 spiro atoms. The molecule has 84 valence electrons. The predicted molar refractivity (Wildman–Crippen MR) is 66.0 cm³/mol. The van der Waals surface area contributed by atoms with Crippen LogP contribution in [0, 0.1) is 0 Å². The number of rotatable bonds is 1. The molecule has 0 aliphatic carbocycles. The second-order valence-corrected chi connectivity index (χ2v) is 5.26. The lowest BCUT2D eigenvalue weighted by Crippen LogP contribution is -1.95. The molecule has 0 unspecified atom stereocenters. The Morgan fingerprint density at radius 3 is 1.25 bits per heavy atom. The highest BCUT2D eigenvalue weighted by molar-refractivity contribution is 7.90. The van der Waals surface area contributed by atoms with E-state index in [1.54, 1.807) is 30.3 Å². The molecule has 2 nitrogen and oxygen atoms in total. The summed E-state index contributed by atoms with van der Waals surface area (Å²) in [5.41, 5.74) is 0. The summed E-state index contributed by atoms with van der Waals surface area (Å²) < 4.78 is 21.7. The third-order valence-electron chi connectivity index (χ3n) is 1.84. The van der Waals surface area contributed by atoms with Crippen molar-refractivity contribution < 1.29 is 8.42 Å². The fourth-order valence-electron chi connectivity index (χ4n) is 1.05. The van der Waals surface area contributed by atoms with Crippen LogP contribution >= 0.6 is 0 Å². The van der Waals surface area contributed by atoms with E-state index < -0.39 is 9.84 Å². The summed E-state index contributed by atoms with van der Waals surface area (Å²) in [6, 6.07) is 20.4. The van der Waals surface area contributed by atoms with E-state index in [9.17, 15) is 8.42 Å². The summed E-state index contributed by atoms with van der Waals surface area (Å²) in [5.74, 6) is 0. The van der Waals surface area contributed by atoms with Crippen LogP contribution in [0.25, 0.3) is 0 Å². The average Bonchev–Trinajstić information content (AvgIpc) is 2.32. The molecule has 2 rings (SSSR count). The third-order valence-corrected chi connectivity index (χ3v) is 2.97. The van der Waals surface area contributed by atoms with Gasteiger partial charge in [0.25, 0.3) is 0 Å². The van der Waals surface area contributed by atoms with Gasteiger partial charge in [0.1, 0.15) is 0 Å². The van der Waals surface area contributed by atoms with Crippen LogP contribution in [-0.2, 0) is 9.84 Å². The van der Waals surface area contributed by atoms with Gasteiger partial charge in [0.15, 0.2) is 9.84 Å². The van der Waals surface area contributed by atoms with Crippen molar-refractivity contribution in [1.29, 1.82) is 0 Å². The van der Waals surface area contributed by atoms with Crippen molar-refractivity contribution in [2.45, 2.75) is 4.90 Å². The van der Waals surface area contributed by atoms with E-state index in [0.29, 0.717) is 4.90 Å². The highest BCUT2D eigenvalue weighted by Gasteiger charge is 2.02. The summed E-state index contributed by atoms with van der Waals surface area (Å²) >= 11 is 0. The smallest absolute Gasteiger partial charge is 0.175 e. The van der Waals surface area contributed by atoms with Crippen LogP contribution in [0.2, 0.25) is 0 Å². The molecule has 2 aromatic carbocycles. The summed E-state index contributed by atoms with van der Waals surface area (Å²) in [6.45, 7) is 0. The second kappa shape index (κ2) is 6.08. The standard InChI is InChI=1S/C7H8O2S.C6H6/c1-10(8,9)7-5-3-2-4-6-7;1-2-4-6-5-3-1/h2-6H,1H3;1-6H. The molecule has 0 radical (unpaired) electrons. The molecule has 0 N–H and O–H groups in total. The first-order chi connectivity index (χ1) is 7.61. The molecule has 0 aliphatic heterocycles. The van der Waals surface area contributed by atoms with Crippen LogP contribution in [0.5, 0.6) is 0 Å². The minimum atomic E-state index is -3.00. The second-order valence-electron chi connectivity index (χ2n) is 3.24. The Labute approximate surface area is 96.5 Å². The van der Waals surface area contributed by atoms with Gasteiger partial charge in [-0.1, -0.05) is 54.6 Å². The van der Waals surface area contributed by atoms with Crippen LogP contribution in [-0.4, -0.2) is 14.7 Å². The van der Waals surface area contributed by atoms with Crippen molar-refractivity contribution in [1.82, 2.24) is 0 Å². The lowest BCUT2D eigenvalue weighted by molar-refractivity contribution is 0.602. The van der Waals surface area contributed by atoms with Crippen molar-refractivity contribution in [3.63, 3.8) is 0 Å². The van der Waals surface area contributed by atoms with E-state index in [4.69, 9.17) is 0 Å². The average molecular weight is 234 g/mol. The van der Waals surface area contributed by atoms with Crippen molar-refractivity contribution in [2.75, 3.05) is 6.26 Å². The number of hydrogen-bond donors (Lipinski definition) is 0. The van der Waals surface area contributed by atoms with Gasteiger partial charge in [-0.3, -0.25) is 0 Å². The van der Waals surface area contributed by atoms with Crippen LogP contribution in [0.3, 0.4) is 0 Å². The summed E-state index contributed by atoms with van der Waals surface area (Å²) in [6.07, 6.45) is 1.20. The molecule has 0 heterocycles. The molecule has 0 bridgehead atoms. The SMILES string of the molecule is CS(=O)(=O)c1ccccc1.c1ccccc1. The van der Waals surface area contributed by atoms with Crippen molar-refractivity contribution in [3.8, 4) is 0 Å². The first kappa shape index (κ1) is 12.5. The molecule has 0 aliphatic rings. The maximum absolute atomic E-state index is 10.8. The Hall–Kier alpha value is -1.61. The van der Waals surface area contributed by atoms with E-state index in [1.807, 2.05) is 36.4 Å². The third kappa shape index (κ3) is 4.75. The molecule has 16 heavy (non-hydrogen) atoms. The Bertz CT molecular complexity index is 463.